The number of anilines is 1. The predicted molar refractivity (Wildman–Crippen MR) is 152 cm³/mol. The Hall–Kier alpha value is -3.55. The average molecular weight is 551 g/mol. The summed E-state index contributed by atoms with van der Waals surface area (Å²) in [6.45, 7) is 7.73. The first-order chi connectivity index (χ1) is 18.8. The van der Waals surface area contributed by atoms with Gasteiger partial charge in [0.15, 0.2) is 11.5 Å². The van der Waals surface area contributed by atoms with Crippen LogP contribution in [0.3, 0.4) is 0 Å². The van der Waals surface area contributed by atoms with Crippen LogP contribution in [-0.2, 0) is 27.3 Å². The monoisotopic (exact) mass is 550 g/mol. The molecule has 0 bridgehead atoms. The average Bonchev–Trinajstić information content (AvgIpc) is 2.93. The zero-order valence-corrected chi connectivity index (χ0v) is 23.6. The number of amides is 2. The van der Waals surface area contributed by atoms with Crippen LogP contribution in [0.2, 0.25) is 5.02 Å². The maximum absolute atomic E-state index is 12.9. The van der Waals surface area contributed by atoms with Crippen molar-refractivity contribution in [3.63, 3.8) is 0 Å². The fraction of sp³-hybridized carbons (Fsp3) is 0.355. The Kier molecular flexibility index (Phi) is 9.49. The molecule has 1 saturated heterocycles. The summed E-state index contributed by atoms with van der Waals surface area (Å²) in [5.74, 6) is 1.39. The highest BCUT2D eigenvalue weighted by molar-refractivity contribution is 6.30. The van der Waals surface area contributed by atoms with Gasteiger partial charge in [-0.05, 0) is 73.9 Å². The van der Waals surface area contributed by atoms with E-state index in [1.807, 2.05) is 92.4 Å². The van der Waals surface area contributed by atoms with Crippen molar-refractivity contribution in [3.05, 3.63) is 88.4 Å². The highest BCUT2D eigenvalue weighted by Crippen LogP contribution is 2.36. The summed E-state index contributed by atoms with van der Waals surface area (Å²) >= 11 is 5.54. The molecular formula is C31H35ClN2O5. The lowest BCUT2D eigenvalue weighted by molar-refractivity contribution is -0.145. The van der Waals surface area contributed by atoms with E-state index in [2.05, 4.69) is 0 Å². The van der Waals surface area contributed by atoms with Crippen LogP contribution in [0, 0.1) is 0 Å². The van der Waals surface area contributed by atoms with Crippen LogP contribution >= 0.6 is 11.6 Å². The number of benzene rings is 3. The number of methoxy groups -OCH3 is 1. The van der Waals surface area contributed by atoms with Crippen molar-refractivity contribution in [3.8, 4) is 11.5 Å². The number of carbonyl (C=O) groups is 2. The van der Waals surface area contributed by atoms with Crippen LogP contribution in [0.4, 0.5) is 5.69 Å². The molecule has 39 heavy (non-hydrogen) atoms. The van der Waals surface area contributed by atoms with Gasteiger partial charge in [-0.15, -0.1) is 0 Å². The molecular weight excluding hydrogens is 516 g/mol. The van der Waals surface area contributed by atoms with E-state index in [4.69, 9.17) is 25.8 Å². The maximum atomic E-state index is 12.9. The molecule has 3 aromatic rings. The molecule has 0 spiro atoms. The normalized spacial score (nSPS) is 15.8. The zero-order chi connectivity index (χ0) is 27.9. The van der Waals surface area contributed by atoms with E-state index < -0.39 is 0 Å². The van der Waals surface area contributed by atoms with Crippen LogP contribution in [0.5, 0.6) is 11.5 Å². The number of hydrogen-bond acceptors (Lipinski definition) is 5. The van der Waals surface area contributed by atoms with Gasteiger partial charge in [0.05, 0.1) is 38.8 Å². The molecule has 206 valence electrons. The fourth-order valence-electron chi connectivity index (χ4n) is 4.68. The summed E-state index contributed by atoms with van der Waals surface area (Å²) in [5, 5.41) is 0.794. The van der Waals surface area contributed by atoms with Gasteiger partial charge in [0, 0.05) is 17.3 Å². The lowest BCUT2D eigenvalue weighted by Crippen LogP contribution is -2.42. The molecule has 2 amide bonds. The second-order valence-electron chi connectivity index (χ2n) is 9.80. The van der Waals surface area contributed by atoms with Crippen molar-refractivity contribution in [2.24, 2.45) is 0 Å². The molecule has 2 heterocycles. The number of fused-ring (bicyclic) bond motifs is 1. The molecule has 0 saturated carbocycles. The van der Waals surface area contributed by atoms with Gasteiger partial charge < -0.3 is 24.0 Å². The molecule has 0 aliphatic carbocycles. The van der Waals surface area contributed by atoms with E-state index in [0.29, 0.717) is 37.6 Å². The Morgan fingerprint density at radius 3 is 2.18 bits per heavy atom. The van der Waals surface area contributed by atoms with Gasteiger partial charge in [-0.25, -0.2) is 0 Å². The largest absolute Gasteiger partial charge is 0.493 e. The number of nitrogens with zero attached hydrogens (tertiary/aromatic N) is 2. The first-order valence-corrected chi connectivity index (χ1v) is 13.5. The van der Waals surface area contributed by atoms with Crippen molar-refractivity contribution >= 4 is 29.1 Å². The number of halogens is 1. The first kappa shape index (κ1) is 28.5. The van der Waals surface area contributed by atoms with Crippen molar-refractivity contribution in [2.45, 2.75) is 45.9 Å². The predicted octanol–water partition coefficient (Wildman–Crippen LogP) is 5.83. The van der Waals surface area contributed by atoms with Gasteiger partial charge in [0.25, 0.3) is 0 Å². The van der Waals surface area contributed by atoms with Crippen molar-refractivity contribution in [1.29, 1.82) is 0 Å². The molecule has 5 rings (SSSR count). The van der Waals surface area contributed by atoms with Crippen LogP contribution in [0.25, 0.3) is 0 Å². The number of ether oxygens (including phenoxy) is 3. The molecule has 3 aromatic carbocycles. The minimum absolute atomic E-state index is 0.00508. The van der Waals surface area contributed by atoms with E-state index >= 15 is 0 Å². The molecule has 0 radical (unpaired) electrons. The van der Waals surface area contributed by atoms with Gasteiger partial charge >= 0.3 is 0 Å². The first-order valence-electron chi connectivity index (χ1n) is 13.1. The summed E-state index contributed by atoms with van der Waals surface area (Å²) < 4.78 is 16.6. The third-order valence-electron chi connectivity index (χ3n) is 6.73. The Morgan fingerprint density at radius 2 is 1.59 bits per heavy atom. The van der Waals surface area contributed by atoms with Gasteiger partial charge in [0.2, 0.25) is 11.8 Å². The third kappa shape index (κ3) is 7.11. The molecule has 0 aromatic heterocycles. The Morgan fingerprint density at radius 1 is 0.897 bits per heavy atom. The zero-order valence-electron chi connectivity index (χ0n) is 22.9. The number of morpholine rings is 1. The van der Waals surface area contributed by atoms with E-state index in [1.54, 1.807) is 12.0 Å². The topological polar surface area (TPSA) is 68.3 Å². The molecule has 7 nitrogen and oxygen atoms in total. The van der Waals surface area contributed by atoms with E-state index in [9.17, 15) is 9.59 Å². The summed E-state index contributed by atoms with van der Waals surface area (Å²) in [4.78, 5) is 28.7. The number of hydrogen-bond donors (Lipinski definition) is 0. The second-order valence-corrected chi connectivity index (χ2v) is 10.2. The van der Waals surface area contributed by atoms with E-state index in [1.165, 1.54) is 0 Å². The quantitative estimate of drug-likeness (QED) is 0.386. The minimum atomic E-state index is -0.0403. The molecule has 1 atom stereocenters. The highest BCUT2D eigenvalue weighted by Gasteiger charge is 2.28. The SMILES string of the molecule is COc1cc2c(cc1OC(C)C)CN(c1ccc([C@H](C)N3CCOCC3=O)cc1)C(=O)C2.Clc1ccccc1. The van der Waals surface area contributed by atoms with Crippen LogP contribution in [-0.4, -0.2) is 49.7 Å². The molecule has 2 aliphatic heterocycles. The van der Waals surface area contributed by atoms with Gasteiger partial charge in [-0.1, -0.05) is 41.9 Å². The Labute approximate surface area is 235 Å². The standard InChI is InChI=1S/C25H30N2O5.C6H5Cl/c1-16(2)32-23-12-20-14-27(24(28)13-19(20)11-22(23)30-4)21-7-5-18(6-8-21)17(3)26-9-10-31-15-25(26)29;7-6-4-2-1-3-5-6/h5-8,11-12,16-17H,9-10,13-15H2,1-4H3;1-5H/t17-;/m0./s1. The number of rotatable bonds is 6. The van der Waals surface area contributed by atoms with E-state index in [-0.39, 0.29) is 30.6 Å². The Bertz CT molecular complexity index is 1280. The molecule has 8 heteroatoms. The van der Waals surface area contributed by atoms with Crippen molar-refractivity contribution in [2.75, 3.05) is 31.8 Å². The third-order valence-corrected chi connectivity index (χ3v) is 6.98. The van der Waals surface area contributed by atoms with Crippen LogP contribution in [0.15, 0.2) is 66.7 Å². The Balaban J connectivity index is 0.000000438. The second kappa shape index (κ2) is 13.0. The molecule has 2 aliphatic rings. The molecule has 0 unspecified atom stereocenters. The lowest BCUT2D eigenvalue weighted by Gasteiger charge is -2.33. The van der Waals surface area contributed by atoms with Gasteiger partial charge in [-0.2, -0.15) is 0 Å². The summed E-state index contributed by atoms with van der Waals surface area (Å²) in [6, 6.07) is 21.2. The molecule has 1 fully saturated rings. The highest BCUT2D eigenvalue weighted by atomic mass is 35.5. The minimum Gasteiger partial charge on any atom is -0.493 e. The summed E-state index contributed by atoms with van der Waals surface area (Å²) in [7, 11) is 1.61. The summed E-state index contributed by atoms with van der Waals surface area (Å²) in [5.41, 5.74) is 3.89. The number of carbonyl (C=O) groups excluding carboxylic acids is 2. The fourth-order valence-corrected chi connectivity index (χ4v) is 4.83. The lowest BCUT2D eigenvalue weighted by atomic mass is 9.97. The van der Waals surface area contributed by atoms with E-state index in [0.717, 1.165) is 27.4 Å². The van der Waals surface area contributed by atoms with Gasteiger partial charge in [0.1, 0.15) is 6.61 Å². The van der Waals surface area contributed by atoms with Crippen molar-refractivity contribution in [1.82, 2.24) is 4.90 Å². The smallest absolute Gasteiger partial charge is 0.249 e. The van der Waals surface area contributed by atoms with Gasteiger partial charge in [-0.3, -0.25) is 9.59 Å². The molecule has 0 N–H and O–H groups in total. The maximum Gasteiger partial charge on any atom is 0.249 e. The van der Waals surface area contributed by atoms with Crippen molar-refractivity contribution < 1.29 is 23.8 Å². The summed E-state index contributed by atoms with van der Waals surface area (Å²) in [6.07, 6.45) is 0.338. The van der Waals surface area contributed by atoms with Crippen LogP contribution < -0.4 is 14.4 Å². The van der Waals surface area contributed by atoms with Crippen LogP contribution in [0.1, 0.15) is 43.5 Å².